The Morgan fingerprint density at radius 1 is 1.12 bits per heavy atom. The van der Waals surface area contributed by atoms with Crippen molar-refractivity contribution in [2.75, 3.05) is 0 Å². The molecular weight excluding hydrogens is 310 g/mol. The number of hydrogen-bond donors (Lipinski definition) is 1. The molecule has 128 valence electrons. The third kappa shape index (κ3) is 3.97. The molecule has 0 unspecified atom stereocenters. The molecule has 1 N–H and O–H groups in total. The van der Waals surface area contributed by atoms with Crippen LogP contribution in [0.3, 0.4) is 0 Å². The fraction of sp³-hybridized carbons (Fsp3) is 0.238. The molecular formula is C21H23N3O. The highest BCUT2D eigenvalue weighted by Gasteiger charge is 2.14. The largest absolute Gasteiger partial charge is 0.347 e. The van der Waals surface area contributed by atoms with Crippen LogP contribution in [0.5, 0.6) is 0 Å². The Labute approximate surface area is 148 Å². The van der Waals surface area contributed by atoms with E-state index in [2.05, 4.69) is 30.2 Å². The Kier molecular flexibility index (Phi) is 5.29. The lowest BCUT2D eigenvalue weighted by Gasteiger charge is -2.10. The number of pyridine rings is 1. The van der Waals surface area contributed by atoms with Crippen LogP contribution in [0.2, 0.25) is 0 Å². The van der Waals surface area contributed by atoms with Gasteiger partial charge in [-0.25, -0.2) is 0 Å². The maximum Gasteiger partial charge on any atom is 0.268 e. The lowest BCUT2D eigenvalue weighted by atomic mass is 10.1. The lowest BCUT2D eigenvalue weighted by molar-refractivity contribution is 0.0941. The van der Waals surface area contributed by atoms with Crippen LogP contribution in [-0.2, 0) is 13.1 Å². The van der Waals surface area contributed by atoms with Gasteiger partial charge in [0.05, 0.1) is 0 Å². The van der Waals surface area contributed by atoms with E-state index in [9.17, 15) is 4.79 Å². The van der Waals surface area contributed by atoms with Crippen molar-refractivity contribution < 1.29 is 4.79 Å². The van der Waals surface area contributed by atoms with Crippen LogP contribution in [0, 0.1) is 6.92 Å². The molecule has 4 heteroatoms. The second kappa shape index (κ2) is 7.79. The predicted molar refractivity (Wildman–Crippen MR) is 100 cm³/mol. The van der Waals surface area contributed by atoms with Crippen molar-refractivity contribution in [1.82, 2.24) is 14.9 Å². The van der Waals surface area contributed by atoms with Crippen LogP contribution in [0.4, 0.5) is 0 Å². The highest BCUT2D eigenvalue weighted by atomic mass is 16.1. The zero-order valence-electron chi connectivity index (χ0n) is 14.7. The van der Waals surface area contributed by atoms with Crippen LogP contribution in [0.1, 0.15) is 35.0 Å². The molecule has 3 rings (SSSR count). The Hall–Kier alpha value is -2.88. The van der Waals surface area contributed by atoms with E-state index >= 15 is 0 Å². The number of benzene rings is 1. The topological polar surface area (TPSA) is 46.9 Å². The summed E-state index contributed by atoms with van der Waals surface area (Å²) in [6.45, 7) is 5.52. The van der Waals surface area contributed by atoms with E-state index in [1.807, 2.05) is 47.2 Å². The standard InChI is InChI=1S/C21H23N3O/c1-3-12-24-15-19(17-8-10-22-11-9-17)13-20(24)21(25)23-14-18-7-5-4-6-16(18)2/h4-11,13,15H,3,12,14H2,1-2H3,(H,23,25). The Morgan fingerprint density at radius 3 is 2.60 bits per heavy atom. The Balaban J connectivity index is 1.81. The first-order chi connectivity index (χ1) is 12.2. The number of nitrogens with zero attached hydrogens (tertiary/aromatic N) is 2. The summed E-state index contributed by atoms with van der Waals surface area (Å²) < 4.78 is 2.03. The van der Waals surface area contributed by atoms with Gasteiger partial charge in [0.25, 0.3) is 5.91 Å². The minimum atomic E-state index is -0.0444. The first kappa shape index (κ1) is 17.0. The van der Waals surface area contributed by atoms with E-state index in [4.69, 9.17) is 0 Å². The van der Waals surface area contributed by atoms with E-state index in [0.29, 0.717) is 12.2 Å². The summed E-state index contributed by atoms with van der Waals surface area (Å²) in [6.07, 6.45) is 6.55. The molecule has 0 saturated heterocycles. The molecule has 0 aliphatic heterocycles. The molecule has 0 saturated carbocycles. The predicted octanol–water partition coefficient (Wildman–Crippen LogP) is 4.20. The summed E-state index contributed by atoms with van der Waals surface area (Å²) >= 11 is 0. The zero-order valence-corrected chi connectivity index (χ0v) is 14.7. The summed E-state index contributed by atoms with van der Waals surface area (Å²) in [4.78, 5) is 16.8. The van der Waals surface area contributed by atoms with Crippen molar-refractivity contribution in [3.05, 3.63) is 77.9 Å². The quantitative estimate of drug-likeness (QED) is 0.735. The van der Waals surface area contributed by atoms with Crippen LogP contribution in [0.25, 0.3) is 11.1 Å². The van der Waals surface area contributed by atoms with Crippen LogP contribution >= 0.6 is 0 Å². The lowest BCUT2D eigenvalue weighted by Crippen LogP contribution is -2.25. The number of aromatic nitrogens is 2. The number of amides is 1. The van der Waals surface area contributed by atoms with Gasteiger partial charge in [-0.2, -0.15) is 0 Å². The molecule has 0 spiro atoms. The minimum absolute atomic E-state index is 0.0444. The van der Waals surface area contributed by atoms with Gasteiger partial charge in [-0.1, -0.05) is 31.2 Å². The summed E-state index contributed by atoms with van der Waals surface area (Å²) in [5, 5.41) is 3.05. The zero-order chi connectivity index (χ0) is 17.6. The smallest absolute Gasteiger partial charge is 0.268 e. The van der Waals surface area contributed by atoms with Crippen molar-refractivity contribution in [2.24, 2.45) is 0 Å². The van der Waals surface area contributed by atoms with Gasteiger partial charge in [-0.05, 0) is 48.2 Å². The van der Waals surface area contributed by atoms with Crippen molar-refractivity contribution in [3.8, 4) is 11.1 Å². The van der Waals surface area contributed by atoms with E-state index in [1.165, 1.54) is 5.56 Å². The normalized spacial score (nSPS) is 10.6. The molecule has 1 aromatic carbocycles. The summed E-state index contributed by atoms with van der Waals surface area (Å²) in [7, 11) is 0. The van der Waals surface area contributed by atoms with E-state index < -0.39 is 0 Å². The van der Waals surface area contributed by atoms with Gasteiger partial charge in [0.2, 0.25) is 0 Å². The third-order valence-corrected chi connectivity index (χ3v) is 4.31. The maximum absolute atomic E-state index is 12.7. The van der Waals surface area contributed by atoms with Gasteiger partial charge < -0.3 is 9.88 Å². The minimum Gasteiger partial charge on any atom is -0.347 e. The van der Waals surface area contributed by atoms with Crippen LogP contribution in [0.15, 0.2) is 61.1 Å². The second-order valence-electron chi connectivity index (χ2n) is 6.15. The van der Waals surface area contributed by atoms with Crippen molar-refractivity contribution in [1.29, 1.82) is 0 Å². The average Bonchev–Trinajstić information content (AvgIpc) is 3.06. The average molecular weight is 333 g/mol. The molecule has 2 heterocycles. The van der Waals surface area contributed by atoms with Gasteiger partial charge in [-0.15, -0.1) is 0 Å². The van der Waals surface area contributed by atoms with E-state index in [-0.39, 0.29) is 5.91 Å². The molecule has 0 aliphatic carbocycles. The van der Waals surface area contributed by atoms with Gasteiger partial charge in [0, 0.05) is 37.2 Å². The van der Waals surface area contributed by atoms with Crippen molar-refractivity contribution in [3.63, 3.8) is 0 Å². The number of carbonyl (C=O) groups is 1. The van der Waals surface area contributed by atoms with Gasteiger partial charge in [0.15, 0.2) is 0 Å². The van der Waals surface area contributed by atoms with Gasteiger partial charge in [-0.3, -0.25) is 9.78 Å². The van der Waals surface area contributed by atoms with Crippen LogP contribution < -0.4 is 5.32 Å². The first-order valence-electron chi connectivity index (χ1n) is 8.62. The fourth-order valence-corrected chi connectivity index (χ4v) is 2.90. The molecule has 1 amide bonds. The van der Waals surface area contributed by atoms with Crippen molar-refractivity contribution >= 4 is 5.91 Å². The monoisotopic (exact) mass is 333 g/mol. The van der Waals surface area contributed by atoms with Crippen molar-refractivity contribution in [2.45, 2.75) is 33.4 Å². The highest BCUT2D eigenvalue weighted by molar-refractivity contribution is 5.94. The molecule has 3 aromatic rings. The summed E-state index contributed by atoms with van der Waals surface area (Å²) in [6, 6.07) is 14.0. The van der Waals surface area contributed by atoms with E-state index in [1.54, 1.807) is 12.4 Å². The molecule has 0 radical (unpaired) electrons. The number of rotatable bonds is 6. The van der Waals surface area contributed by atoms with E-state index in [0.717, 1.165) is 29.7 Å². The highest BCUT2D eigenvalue weighted by Crippen LogP contribution is 2.22. The second-order valence-corrected chi connectivity index (χ2v) is 6.15. The van der Waals surface area contributed by atoms with Gasteiger partial charge in [0.1, 0.15) is 5.69 Å². The molecule has 0 aliphatic rings. The fourth-order valence-electron chi connectivity index (χ4n) is 2.90. The Bertz CT molecular complexity index is 853. The molecule has 2 aromatic heterocycles. The number of hydrogen-bond acceptors (Lipinski definition) is 2. The molecule has 0 bridgehead atoms. The van der Waals surface area contributed by atoms with Gasteiger partial charge >= 0.3 is 0 Å². The maximum atomic E-state index is 12.7. The number of aryl methyl sites for hydroxylation is 2. The molecule has 4 nitrogen and oxygen atoms in total. The summed E-state index contributed by atoms with van der Waals surface area (Å²) in [5.74, 6) is -0.0444. The first-order valence-corrected chi connectivity index (χ1v) is 8.62. The summed E-state index contributed by atoms with van der Waals surface area (Å²) in [5.41, 5.74) is 5.12. The molecule has 0 atom stereocenters. The number of carbonyl (C=O) groups excluding carboxylic acids is 1. The molecule has 25 heavy (non-hydrogen) atoms. The van der Waals surface area contributed by atoms with Crippen LogP contribution in [-0.4, -0.2) is 15.5 Å². The Morgan fingerprint density at radius 2 is 1.88 bits per heavy atom. The molecule has 0 fully saturated rings. The third-order valence-electron chi connectivity index (χ3n) is 4.31. The number of nitrogens with one attached hydrogen (secondary N) is 1. The SMILES string of the molecule is CCCn1cc(-c2ccncc2)cc1C(=O)NCc1ccccc1C.